The fourth-order valence-corrected chi connectivity index (χ4v) is 3.20. The van der Waals surface area contributed by atoms with Crippen molar-refractivity contribution in [2.24, 2.45) is 17.3 Å². The van der Waals surface area contributed by atoms with Crippen molar-refractivity contribution in [2.45, 2.75) is 73.0 Å². The molecule has 20 heavy (non-hydrogen) atoms. The van der Waals surface area contributed by atoms with Crippen LogP contribution in [0.2, 0.25) is 0 Å². The molecule has 0 bridgehead atoms. The average Bonchev–Trinajstić information content (AvgIpc) is 2.75. The normalized spacial score (nSPS) is 23.5. The van der Waals surface area contributed by atoms with Gasteiger partial charge >= 0.3 is 0 Å². The number of carbonyl (C=O) groups excluding carboxylic acids is 1. The van der Waals surface area contributed by atoms with E-state index in [1.54, 1.807) is 0 Å². The summed E-state index contributed by atoms with van der Waals surface area (Å²) in [4.78, 5) is 12.5. The van der Waals surface area contributed by atoms with E-state index >= 15 is 0 Å². The Balaban J connectivity index is 2.57. The van der Waals surface area contributed by atoms with Gasteiger partial charge in [0.2, 0.25) is 0 Å². The highest BCUT2D eigenvalue weighted by atomic mass is 16.7. The Kier molecular flexibility index (Phi) is 7.18. The number of hydrogen-bond donors (Lipinski definition) is 0. The van der Waals surface area contributed by atoms with E-state index in [1.807, 2.05) is 13.8 Å². The molecule has 0 aromatic rings. The van der Waals surface area contributed by atoms with Crippen molar-refractivity contribution < 1.29 is 14.3 Å². The molecule has 1 rings (SSSR count). The molecule has 0 amide bonds. The zero-order valence-corrected chi connectivity index (χ0v) is 13.9. The third kappa shape index (κ3) is 5.92. The van der Waals surface area contributed by atoms with E-state index < -0.39 is 0 Å². The maximum atomic E-state index is 12.5. The van der Waals surface area contributed by atoms with Crippen molar-refractivity contribution in [3.63, 3.8) is 0 Å². The van der Waals surface area contributed by atoms with E-state index in [0.717, 1.165) is 25.7 Å². The quantitative estimate of drug-likeness (QED) is 0.627. The monoisotopic (exact) mass is 284 g/mol. The third-order valence-electron chi connectivity index (χ3n) is 3.98. The largest absolute Gasteiger partial charge is 0.353 e. The topological polar surface area (TPSA) is 35.5 Å². The minimum Gasteiger partial charge on any atom is -0.353 e. The molecule has 0 aliphatic heterocycles. The van der Waals surface area contributed by atoms with Crippen molar-refractivity contribution in [2.75, 3.05) is 13.2 Å². The zero-order chi connectivity index (χ0) is 15.2. The molecule has 0 spiro atoms. The minimum atomic E-state index is -0.141. The SMILES string of the molecule is CCOC(CC1CCCC1C(=O)CC(C)(C)C)OCC. The van der Waals surface area contributed by atoms with Crippen molar-refractivity contribution in [1.82, 2.24) is 0 Å². The fraction of sp³-hybridized carbons (Fsp3) is 0.941. The third-order valence-corrected chi connectivity index (χ3v) is 3.98. The van der Waals surface area contributed by atoms with E-state index in [2.05, 4.69) is 20.8 Å². The molecule has 1 fully saturated rings. The van der Waals surface area contributed by atoms with E-state index in [0.29, 0.717) is 31.3 Å². The van der Waals surface area contributed by atoms with Crippen LogP contribution in [0.25, 0.3) is 0 Å². The molecule has 0 N–H and O–H groups in total. The minimum absolute atomic E-state index is 0.0868. The first kappa shape index (κ1) is 17.6. The van der Waals surface area contributed by atoms with Crippen LogP contribution in [0.1, 0.15) is 66.7 Å². The molecule has 1 saturated carbocycles. The Hall–Kier alpha value is -0.410. The van der Waals surface area contributed by atoms with Gasteiger partial charge in [-0.3, -0.25) is 4.79 Å². The maximum Gasteiger partial charge on any atom is 0.157 e. The average molecular weight is 284 g/mol. The number of Topliss-reactive ketones (excluding diaryl/α,β-unsaturated/α-hetero) is 1. The second-order valence-electron chi connectivity index (χ2n) is 7.08. The van der Waals surface area contributed by atoms with Gasteiger partial charge in [-0.05, 0) is 38.0 Å². The molecule has 2 atom stereocenters. The van der Waals surface area contributed by atoms with Crippen LogP contribution in [0.4, 0.5) is 0 Å². The second-order valence-corrected chi connectivity index (χ2v) is 7.08. The van der Waals surface area contributed by atoms with E-state index in [-0.39, 0.29) is 17.6 Å². The second kappa shape index (κ2) is 8.14. The molecule has 0 aromatic carbocycles. The summed E-state index contributed by atoms with van der Waals surface area (Å²) < 4.78 is 11.3. The first-order valence-corrected chi connectivity index (χ1v) is 8.13. The van der Waals surface area contributed by atoms with Gasteiger partial charge in [0.1, 0.15) is 5.78 Å². The lowest BCUT2D eigenvalue weighted by Crippen LogP contribution is -2.28. The Morgan fingerprint density at radius 1 is 1.15 bits per heavy atom. The molecule has 2 unspecified atom stereocenters. The summed E-state index contributed by atoms with van der Waals surface area (Å²) in [6.45, 7) is 11.7. The van der Waals surface area contributed by atoms with E-state index in [4.69, 9.17) is 9.47 Å². The van der Waals surface area contributed by atoms with Crippen LogP contribution < -0.4 is 0 Å². The molecule has 3 heteroatoms. The van der Waals surface area contributed by atoms with Crippen LogP contribution in [0, 0.1) is 17.3 Å². The summed E-state index contributed by atoms with van der Waals surface area (Å²) in [5, 5.41) is 0. The first-order valence-electron chi connectivity index (χ1n) is 8.13. The summed E-state index contributed by atoms with van der Waals surface area (Å²) in [6.07, 6.45) is 4.75. The van der Waals surface area contributed by atoms with Crippen LogP contribution >= 0.6 is 0 Å². The van der Waals surface area contributed by atoms with Gasteiger partial charge in [0.25, 0.3) is 0 Å². The van der Waals surface area contributed by atoms with Crippen LogP contribution in [0.5, 0.6) is 0 Å². The number of carbonyl (C=O) groups is 1. The molecular weight excluding hydrogens is 252 g/mol. The lowest BCUT2D eigenvalue weighted by atomic mass is 9.81. The first-order chi connectivity index (χ1) is 9.37. The van der Waals surface area contributed by atoms with Crippen LogP contribution in [-0.4, -0.2) is 25.3 Å². The lowest BCUT2D eigenvalue weighted by Gasteiger charge is -2.26. The molecule has 1 aliphatic carbocycles. The molecule has 0 heterocycles. The number of ketones is 1. The predicted octanol–water partition coefficient (Wildman–Crippen LogP) is 4.20. The van der Waals surface area contributed by atoms with Gasteiger partial charge in [-0.1, -0.05) is 27.2 Å². The van der Waals surface area contributed by atoms with Gasteiger partial charge in [0.05, 0.1) is 0 Å². The van der Waals surface area contributed by atoms with Crippen LogP contribution in [-0.2, 0) is 14.3 Å². The van der Waals surface area contributed by atoms with Gasteiger partial charge in [-0.15, -0.1) is 0 Å². The molecule has 0 aromatic heterocycles. The summed E-state index contributed by atoms with van der Waals surface area (Å²) in [5.74, 6) is 1.09. The Morgan fingerprint density at radius 2 is 1.75 bits per heavy atom. The van der Waals surface area contributed by atoms with Crippen LogP contribution in [0.3, 0.4) is 0 Å². The van der Waals surface area contributed by atoms with Crippen molar-refractivity contribution >= 4 is 5.78 Å². The molecule has 0 saturated heterocycles. The van der Waals surface area contributed by atoms with Crippen LogP contribution in [0.15, 0.2) is 0 Å². The Labute approximate surface area is 124 Å². The summed E-state index contributed by atoms with van der Waals surface area (Å²) in [6, 6.07) is 0. The van der Waals surface area contributed by atoms with Crippen molar-refractivity contribution in [3.8, 4) is 0 Å². The smallest absolute Gasteiger partial charge is 0.157 e. The summed E-state index contributed by atoms with van der Waals surface area (Å²) in [5.41, 5.74) is 0.0868. The Bertz CT molecular complexity index is 287. The van der Waals surface area contributed by atoms with Gasteiger partial charge in [-0.25, -0.2) is 0 Å². The Morgan fingerprint density at radius 3 is 2.25 bits per heavy atom. The summed E-state index contributed by atoms with van der Waals surface area (Å²) >= 11 is 0. The van der Waals surface area contributed by atoms with Gasteiger partial charge in [-0.2, -0.15) is 0 Å². The molecule has 1 aliphatic rings. The highest BCUT2D eigenvalue weighted by Crippen LogP contribution is 2.38. The molecule has 3 nitrogen and oxygen atoms in total. The highest BCUT2D eigenvalue weighted by molar-refractivity contribution is 5.82. The predicted molar refractivity (Wildman–Crippen MR) is 81.6 cm³/mol. The molecular formula is C17H32O3. The zero-order valence-electron chi connectivity index (χ0n) is 13.9. The van der Waals surface area contributed by atoms with Crippen molar-refractivity contribution in [1.29, 1.82) is 0 Å². The number of ether oxygens (including phenoxy) is 2. The van der Waals surface area contributed by atoms with Gasteiger partial charge in [0.15, 0.2) is 6.29 Å². The molecule has 0 radical (unpaired) electrons. The van der Waals surface area contributed by atoms with Gasteiger partial charge in [0, 0.05) is 32.0 Å². The van der Waals surface area contributed by atoms with E-state index in [9.17, 15) is 4.79 Å². The summed E-state index contributed by atoms with van der Waals surface area (Å²) in [7, 11) is 0. The lowest BCUT2D eigenvalue weighted by molar-refractivity contribution is -0.150. The standard InChI is InChI=1S/C17H32O3/c1-6-19-16(20-7-2)11-13-9-8-10-14(13)15(18)12-17(3,4)5/h13-14,16H,6-12H2,1-5H3. The van der Waals surface area contributed by atoms with E-state index in [1.165, 1.54) is 0 Å². The number of hydrogen-bond acceptors (Lipinski definition) is 3. The fourth-order valence-electron chi connectivity index (χ4n) is 3.20. The van der Waals surface area contributed by atoms with Crippen molar-refractivity contribution in [3.05, 3.63) is 0 Å². The highest BCUT2D eigenvalue weighted by Gasteiger charge is 2.35. The molecule has 118 valence electrons. The van der Waals surface area contributed by atoms with Gasteiger partial charge < -0.3 is 9.47 Å². The maximum absolute atomic E-state index is 12.5. The number of rotatable bonds is 8.